The van der Waals surface area contributed by atoms with Crippen molar-refractivity contribution in [1.29, 1.82) is 31.6 Å². The van der Waals surface area contributed by atoms with Crippen LogP contribution >= 0.6 is 35.3 Å². The summed E-state index contributed by atoms with van der Waals surface area (Å²) in [6, 6.07) is 35.3. The fourth-order valence-corrected chi connectivity index (χ4v) is 10.3. The van der Waals surface area contributed by atoms with Gasteiger partial charge < -0.3 is 29.2 Å². The van der Waals surface area contributed by atoms with E-state index in [9.17, 15) is 41.8 Å². The number of hydrogen-bond acceptors (Lipinski definition) is 15. The van der Waals surface area contributed by atoms with E-state index in [1.54, 1.807) is 12.1 Å². The quantitative estimate of drug-likeness (QED) is 0.0969. The van der Waals surface area contributed by atoms with E-state index in [1.165, 1.54) is 52.5 Å². The largest absolute Gasteiger partial charge is 0.504 e. The molecule has 0 aliphatic heterocycles. The van der Waals surface area contributed by atoms with Crippen molar-refractivity contribution in [1.82, 2.24) is 0 Å². The molecule has 0 unspecified atom stereocenters. The van der Waals surface area contributed by atoms with Crippen LogP contribution in [0.5, 0.6) is 34.5 Å². The van der Waals surface area contributed by atoms with Crippen LogP contribution in [0.4, 0.5) is 0 Å². The lowest BCUT2D eigenvalue weighted by molar-refractivity contribution is 0.197. The molecule has 0 fully saturated rings. The Morgan fingerprint density at radius 1 is 0.387 bits per heavy atom. The van der Waals surface area contributed by atoms with Crippen LogP contribution in [0.25, 0.3) is 0 Å². The SMILES string of the molecule is Cc1ccc(Sc2c(C#N)cc(O)c(O)c2C#N)c(C)c1.Cc1ccc(Sc2c(C#N)cc(OC(C)C)c(OC(C)C)c2C#N)c(C)c1.Cc1ccc(Sc2c(C#N)cc(OC(C)C)c(OC(C)C)c2C#N)c(C)c1. The number of benzene rings is 6. The number of phenolic OH excluding ortho intramolecular Hbond substituents is 2. The first kappa shape index (κ1) is 59.7. The second kappa shape index (κ2) is 27.4. The van der Waals surface area contributed by atoms with Gasteiger partial charge in [-0.05, 0) is 132 Å². The number of aromatic hydroxyl groups is 2. The summed E-state index contributed by atoms with van der Waals surface area (Å²) >= 11 is 4.06. The van der Waals surface area contributed by atoms with E-state index < -0.39 is 11.5 Å². The molecule has 0 saturated heterocycles. The van der Waals surface area contributed by atoms with Crippen LogP contribution in [0.1, 0.15) is 122 Å². The zero-order chi connectivity index (χ0) is 55.8. The molecule has 0 bridgehead atoms. The molecule has 75 heavy (non-hydrogen) atoms. The summed E-state index contributed by atoms with van der Waals surface area (Å²) in [5.74, 6) is 0.685. The Hall–Kier alpha value is -7.89. The van der Waals surface area contributed by atoms with Crippen molar-refractivity contribution in [2.45, 2.75) is 151 Å². The van der Waals surface area contributed by atoms with Crippen molar-refractivity contribution in [3.8, 4) is 70.9 Å². The molecule has 0 radical (unpaired) electrons. The Labute approximate surface area is 454 Å². The number of phenols is 2. The van der Waals surface area contributed by atoms with Crippen molar-refractivity contribution in [2.24, 2.45) is 0 Å². The van der Waals surface area contributed by atoms with Gasteiger partial charge >= 0.3 is 0 Å². The van der Waals surface area contributed by atoms with Crippen LogP contribution in [-0.4, -0.2) is 34.6 Å². The summed E-state index contributed by atoms with van der Waals surface area (Å²) in [6.07, 6.45) is -0.456. The third-order valence-electron chi connectivity index (χ3n) is 10.4. The van der Waals surface area contributed by atoms with Crippen molar-refractivity contribution in [3.05, 3.63) is 140 Å². The molecule has 6 aromatic carbocycles. The number of hydrogen-bond donors (Lipinski definition) is 2. The molecule has 0 aliphatic rings. The molecule has 12 nitrogen and oxygen atoms in total. The van der Waals surface area contributed by atoms with Gasteiger partial charge in [-0.15, -0.1) is 0 Å². The topological polar surface area (TPSA) is 220 Å². The summed E-state index contributed by atoms with van der Waals surface area (Å²) in [4.78, 5) is 4.43. The lowest BCUT2D eigenvalue weighted by Crippen LogP contribution is -2.13. The molecule has 0 heterocycles. The number of nitrogens with zero attached hydrogens (tertiary/aromatic N) is 6. The fourth-order valence-electron chi connectivity index (χ4n) is 7.22. The van der Waals surface area contributed by atoms with Gasteiger partial charge in [-0.2, -0.15) is 31.6 Å². The highest BCUT2D eigenvalue weighted by molar-refractivity contribution is 8.00. The van der Waals surface area contributed by atoms with E-state index in [0.29, 0.717) is 59.9 Å². The molecule has 384 valence electrons. The second-order valence-corrected chi connectivity index (χ2v) is 21.5. The molecule has 15 heteroatoms. The van der Waals surface area contributed by atoms with Gasteiger partial charge in [-0.1, -0.05) is 88.4 Å². The van der Waals surface area contributed by atoms with Gasteiger partial charge in [0.1, 0.15) is 53.1 Å². The minimum atomic E-state index is -0.497. The highest BCUT2D eigenvalue weighted by Crippen LogP contribution is 2.47. The standard InChI is InChI=1S/2C22H24N2O2S.C16H12N2O2S/c2*1-13(2)25-19-10-17(11-23)22(18(12-24)21(19)26-14(3)4)27-20-8-7-15(5)9-16(20)6;1-9-3-4-14(10(2)5-9)21-16-11(7-17)6-13(19)15(20)12(16)8-18/h2*7-10,13-14H,1-6H3;3-6,19-20H,1-2H3. The van der Waals surface area contributed by atoms with E-state index >= 15 is 0 Å². The lowest BCUT2D eigenvalue weighted by Gasteiger charge is -2.20. The molecule has 2 N–H and O–H groups in total. The zero-order valence-corrected chi connectivity index (χ0v) is 47.1. The first-order valence-electron chi connectivity index (χ1n) is 23.8. The van der Waals surface area contributed by atoms with Crippen molar-refractivity contribution < 1.29 is 29.2 Å². The molecule has 0 spiro atoms. The minimum Gasteiger partial charge on any atom is -0.504 e. The third kappa shape index (κ3) is 15.8. The Morgan fingerprint density at radius 2 is 0.680 bits per heavy atom. The first-order chi connectivity index (χ1) is 35.5. The number of rotatable bonds is 14. The maximum Gasteiger partial charge on any atom is 0.180 e. The normalized spacial score (nSPS) is 10.4. The van der Waals surface area contributed by atoms with E-state index in [4.69, 9.17) is 18.9 Å². The van der Waals surface area contributed by atoms with Crippen LogP contribution in [-0.2, 0) is 0 Å². The minimum absolute atomic E-state index is 0.0866. The van der Waals surface area contributed by atoms with Crippen molar-refractivity contribution in [2.75, 3.05) is 0 Å². The Balaban J connectivity index is 0.000000246. The van der Waals surface area contributed by atoms with Crippen LogP contribution < -0.4 is 18.9 Å². The van der Waals surface area contributed by atoms with Gasteiger partial charge in [0.25, 0.3) is 0 Å². The Morgan fingerprint density at radius 3 is 0.947 bits per heavy atom. The molecule has 0 saturated carbocycles. The maximum absolute atomic E-state index is 9.87. The molecule has 0 aromatic heterocycles. The summed E-state index contributed by atoms with van der Waals surface area (Å²) in [5.41, 5.74) is 8.22. The van der Waals surface area contributed by atoms with Gasteiger partial charge in [0.15, 0.2) is 34.5 Å². The van der Waals surface area contributed by atoms with Gasteiger partial charge in [0.05, 0.1) is 55.8 Å². The van der Waals surface area contributed by atoms with Gasteiger partial charge in [-0.25, -0.2) is 0 Å². The molecule has 0 aliphatic carbocycles. The van der Waals surface area contributed by atoms with E-state index in [2.05, 4.69) is 36.4 Å². The number of aryl methyl sites for hydroxylation is 6. The highest BCUT2D eigenvalue weighted by Gasteiger charge is 2.26. The monoisotopic (exact) mass is 1060 g/mol. The summed E-state index contributed by atoms with van der Waals surface area (Å²) in [6.45, 7) is 27.2. The molecular formula is C60H60N6O6S3. The Kier molecular flexibility index (Phi) is 21.8. The molecule has 6 rings (SSSR count). The van der Waals surface area contributed by atoms with Crippen LogP contribution in [0.15, 0.2) is 102 Å². The van der Waals surface area contributed by atoms with E-state index in [-0.39, 0.29) is 35.5 Å². The predicted molar refractivity (Wildman–Crippen MR) is 294 cm³/mol. The summed E-state index contributed by atoms with van der Waals surface area (Å²) < 4.78 is 23.5. The van der Waals surface area contributed by atoms with Gasteiger partial charge in [0.2, 0.25) is 0 Å². The van der Waals surface area contributed by atoms with Crippen molar-refractivity contribution >= 4 is 35.3 Å². The number of nitriles is 6. The predicted octanol–water partition coefficient (Wildman–Crippen LogP) is 15.2. The zero-order valence-electron chi connectivity index (χ0n) is 44.7. The first-order valence-corrected chi connectivity index (χ1v) is 26.3. The summed E-state index contributed by atoms with van der Waals surface area (Å²) in [5, 5.41) is 76.9. The van der Waals surface area contributed by atoms with E-state index in [1.807, 2.05) is 152 Å². The molecule has 6 aromatic rings. The van der Waals surface area contributed by atoms with E-state index in [0.717, 1.165) is 36.9 Å². The summed E-state index contributed by atoms with van der Waals surface area (Å²) in [7, 11) is 0. The third-order valence-corrected chi connectivity index (χ3v) is 14.3. The maximum atomic E-state index is 9.87. The lowest BCUT2D eigenvalue weighted by atomic mass is 10.1. The molecular weight excluding hydrogens is 997 g/mol. The van der Waals surface area contributed by atoms with Crippen molar-refractivity contribution in [3.63, 3.8) is 0 Å². The van der Waals surface area contributed by atoms with Crippen LogP contribution in [0.3, 0.4) is 0 Å². The smallest absolute Gasteiger partial charge is 0.180 e. The fraction of sp³-hybridized carbons (Fsp3) is 0.300. The molecule has 0 atom stereocenters. The second-order valence-electron chi connectivity index (χ2n) is 18.4. The Bertz CT molecular complexity index is 3190. The average Bonchev–Trinajstić information content (AvgIpc) is 3.34. The van der Waals surface area contributed by atoms with Gasteiger partial charge in [-0.3, -0.25) is 0 Å². The highest BCUT2D eigenvalue weighted by atomic mass is 32.2. The molecule has 0 amide bonds. The average molecular weight is 1060 g/mol. The van der Waals surface area contributed by atoms with Crippen LogP contribution in [0.2, 0.25) is 0 Å². The van der Waals surface area contributed by atoms with Crippen LogP contribution in [0, 0.1) is 110 Å². The van der Waals surface area contributed by atoms with Gasteiger partial charge in [0, 0.05) is 32.9 Å². The number of ether oxygens (including phenoxy) is 4.